The molecule has 0 saturated heterocycles. The van der Waals surface area contributed by atoms with Crippen molar-refractivity contribution in [2.45, 2.75) is 0 Å². The van der Waals surface area contributed by atoms with Crippen LogP contribution in [0.4, 0.5) is 0 Å². The molecule has 7 nitrogen and oxygen atoms in total. The van der Waals surface area contributed by atoms with Crippen LogP contribution in [0, 0.1) is 0 Å². The van der Waals surface area contributed by atoms with Gasteiger partial charge >= 0.3 is 0 Å². The molecule has 0 atom stereocenters. The molecule has 0 aliphatic heterocycles. The lowest BCUT2D eigenvalue weighted by molar-refractivity contribution is 0.669. The maximum atomic E-state index is 6.39. The van der Waals surface area contributed by atoms with Crippen LogP contribution in [-0.4, -0.2) is 29.9 Å². The number of benzene rings is 4. The molecule has 4 aromatic carbocycles. The highest BCUT2D eigenvalue weighted by Crippen LogP contribution is 2.54. The van der Waals surface area contributed by atoms with Gasteiger partial charge in [0.05, 0.1) is 11.9 Å². The summed E-state index contributed by atoms with van der Waals surface area (Å²) >= 11 is 0. The summed E-state index contributed by atoms with van der Waals surface area (Å²) in [5.74, 6) is 0. The predicted octanol–water partition coefficient (Wildman–Crippen LogP) is 6.73. The first kappa shape index (κ1) is 19.0. The van der Waals surface area contributed by atoms with Crippen LogP contribution in [0.15, 0.2) is 89.7 Å². The van der Waals surface area contributed by atoms with Crippen molar-refractivity contribution in [3.05, 3.63) is 85.3 Å². The molecule has 0 amide bonds. The fourth-order valence-corrected chi connectivity index (χ4v) is 5.74. The molecular weight excluding hydrogens is 460 g/mol. The maximum Gasteiger partial charge on any atom is 0.200 e. The van der Waals surface area contributed by atoms with E-state index in [1.165, 1.54) is 21.9 Å². The third-order valence-electron chi connectivity index (χ3n) is 7.21. The largest absolute Gasteiger partial charge is 0.456 e. The second kappa shape index (κ2) is 6.67. The molecule has 0 saturated carbocycles. The average molecular weight is 474 g/mol. The number of nitrogens with zero attached hydrogens (tertiary/aromatic N) is 6. The van der Waals surface area contributed by atoms with Gasteiger partial charge in [-0.25, -0.2) is 29.9 Å². The fourth-order valence-electron chi connectivity index (χ4n) is 5.74. The first-order valence-electron chi connectivity index (χ1n) is 12.0. The highest BCUT2D eigenvalue weighted by molar-refractivity contribution is 6.25. The highest BCUT2D eigenvalue weighted by atomic mass is 16.3. The van der Waals surface area contributed by atoms with Gasteiger partial charge in [-0.3, -0.25) is 0 Å². The van der Waals surface area contributed by atoms with Crippen molar-refractivity contribution in [2.24, 2.45) is 0 Å². The van der Waals surface area contributed by atoms with Crippen LogP contribution in [0.1, 0.15) is 0 Å². The van der Waals surface area contributed by atoms with E-state index < -0.39 is 0 Å². The number of aromatic nitrogens is 6. The lowest BCUT2D eigenvalue weighted by Crippen LogP contribution is -1.98. The molecule has 170 valence electrons. The van der Waals surface area contributed by atoms with E-state index in [1.807, 2.05) is 18.2 Å². The summed E-state index contributed by atoms with van der Waals surface area (Å²) in [5.41, 5.74) is 9.74. The van der Waals surface area contributed by atoms with E-state index in [1.54, 1.807) is 18.6 Å². The third-order valence-corrected chi connectivity index (χ3v) is 7.21. The predicted molar refractivity (Wildman–Crippen MR) is 143 cm³/mol. The molecule has 4 heterocycles. The topological polar surface area (TPSA) is 90.5 Å². The van der Waals surface area contributed by atoms with Gasteiger partial charge in [-0.1, -0.05) is 54.6 Å². The molecule has 9 rings (SSSR count). The van der Waals surface area contributed by atoms with Gasteiger partial charge in [-0.15, -0.1) is 0 Å². The minimum absolute atomic E-state index is 0.428. The summed E-state index contributed by atoms with van der Waals surface area (Å²) in [6.07, 6.45) is 4.97. The summed E-state index contributed by atoms with van der Waals surface area (Å²) in [6.45, 7) is 0. The van der Waals surface area contributed by atoms with Gasteiger partial charge in [0.25, 0.3) is 0 Å². The quantitative estimate of drug-likeness (QED) is 0.244. The van der Waals surface area contributed by atoms with Gasteiger partial charge in [0.1, 0.15) is 11.2 Å². The molecule has 0 bridgehead atoms. The van der Waals surface area contributed by atoms with E-state index in [9.17, 15) is 0 Å². The molecule has 1 aliphatic rings. The Kier molecular flexibility index (Phi) is 3.42. The standard InChI is InChI=1S/C30H14N6O/c1-2-10-21-17(7-1)25-22(37-21)13-19-16-8-3-5-15-6-4-9-18(23(15)16)24(19)26(25)20-14-33-29-30(34-20)36-28-27(35-29)31-11-12-32-28/h1-14H. The van der Waals surface area contributed by atoms with Crippen LogP contribution in [-0.2, 0) is 0 Å². The van der Waals surface area contributed by atoms with Crippen LogP contribution in [0.25, 0.3) is 88.8 Å². The van der Waals surface area contributed by atoms with E-state index in [0.29, 0.717) is 28.3 Å². The zero-order valence-corrected chi connectivity index (χ0v) is 19.2. The van der Waals surface area contributed by atoms with Crippen molar-refractivity contribution >= 4 is 55.3 Å². The van der Waals surface area contributed by atoms with E-state index >= 15 is 0 Å². The summed E-state index contributed by atoms with van der Waals surface area (Å²) in [7, 11) is 0. The van der Waals surface area contributed by atoms with Gasteiger partial charge < -0.3 is 4.42 Å². The number of para-hydroxylation sites is 1. The Labute approximate surface area is 208 Å². The lowest BCUT2D eigenvalue weighted by Gasteiger charge is -2.12. The molecule has 0 fully saturated rings. The molecule has 4 aromatic heterocycles. The Bertz CT molecular complexity index is 2260. The first-order valence-corrected chi connectivity index (χ1v) is 12.0. The Morgan fingerprint density at radius 2 is 1.30 bits per heavy atom. The lowest BCUT2D eigenvalue weighted by atomic mass is 9.92. The zero-order chi connectivity index (χ0) is 24.1. The molecule has 0 spiro atoms. The van der Waals surface area contributed by atoms with Crippen molar-refractivity contribution in [3.8, 4) is 33.5 Å². The molecular formula is C30H14N6O. The molecule has 0 radical (unpaired) electrons. The van der Waals surface area contributed by atoms with Crippen LogP contribution in [0.3, 0.4) is 0 Å². The third kappa shape index (κ3) is 2.44. The van der Waals surface area contributed by atoms with Gasteiger partial charge in [0.15, 0.2) is 16.9 Å². The molecule has 0 N–H and O–H groups in total. The minimum atomic E-state index is 0.428. The number of hydrogen-bond donors (Lipinski definition) is 0. The zero-order valence-electron chi connectivity index (χ0n) is 19.2. The minimum Gasteiger partial charge on any atom is -0.456 e. The molecule has 7 heteroatoms. The molecule has 8 aromatic rings. The summed E-state index contributed by atoms with van der Waals surface area (Å²) in [5, 5.41) is 4.50. The van der Waals surface area contributed by atoms with Crippen LogP contribution < -0.4 is 0 Å². The number of fused-ring (bicyclic) bond motifs is 8. The first-order chi connectivity index (χ1) is 18.3. The van der Waals surface area contributed by atoms with Crippen molar-refractivity contribution in [1.82, 2.24) is 29.9 Å². The van der Waals surface area contributed by atoms with Gasteiger partial charge in [-0.05, 0) is 39.6 Å². The van der Waals surface area contributed by atoms with Crippen molar-refractivity contribution in [2.75, 3.05) is 0 Å². The van der Waals surface area contributed by atoms with Crippen LogP contribution >= 0.6 is 0 Å². The van der Waals surface area contributed by atoms with Crippen molar-refractivity contribution < 1.29 is 4.42 Å². The summed E-state index contributed by atoms with van der Waals surface area (Å²) in [6, 6.07) is 23.2. The van der Waals surface area contributed by atoms with E-state index in [4.69, 9.17) is 9.40 Å². The number of hydrogen-bond acceptors (Lipinski definition) is 7. The molecule has 0 unspecified atom stereocenters. The van der Waals surface area contributed by atoms with Crippen molar-refractivity contribution in [1.29, 1.82) is 0 Å². The van der Waals surface area contributed by atoms with Crippen LogP contribution in [0.5, 0.6) is 0 Å². The fraction of sp³-hybridized carbons (Fsp3) is 0. The Morgan fingerprint density at radius 1 is 0.541 bits per heavy atom. The van der Waals surface area contributed by atoms with Gasteiger partial charge in [0.2, 0.25) is 5.65 Å². The van der Waals surface area contributed by atoms with E-state index in [2.05, 4.69) is 73.5 Å². The van der Waals surface area contributed by atoms with E-state index in [-0.39, 0.29) is 0 Å². The monoisotopic (exact) mass is 474 g/mol. The average Bonchev–Trinajstić information content (AvgIpc) is 3.47. The van der Waals surface area contributed by atoms with E-state index in [0.717, 1.165) is 38.6 Å². The van der Waals surface area contributed by atoms with Gasteiger partial charge in [-0.2, -0.15) is 0 Å². The highest BCUT2D eigenvalue weighted by Gasteiger charge is 2.29. The Morgan fingerprint density at radius 3 is 2.16 bits per heavy atom. The van der Waals surface area contributed by atoms with Crippen LogP contribution in [0.2, 0.25) is 0 Å². The van der Waals surface area contributed by atoms with Gasteiger partial charge in [0, 0.05) is 34.3 Å². The number of furan rings is 1. The normalized spacial score (nSPS) is 12.3. The summed E-state index contributed by atoms with van der Waals surface area (Å²) in [4.78, 5) is 27.4. The SMILES string of the molecule is c1cc2c3c(cccc3c1)-c1c-2cc2oc3ccccc3c2c1-c1cnc2nc3nccnc3nc2n1. The molecule has 1 aliphatic carbocycles. The Balaban J connectivity index is 1.46. The second-order valence-electron chi connectivity index (χ2n) is 9.18. The molecule has 37 heavy (non-hydrogen) atoms. The van der Waals surface area contributed by atoms with Crippen molar-refractivity contribution in [3.63, 3.8) is 0 Å². The smallest absolute Gasteiger partial charge is 0.200 e. The Hall–Kier alpha value is -5.30. The summed E-state index contributed by atoms with van der Waals surface area (Å²) < 4.78 is 6.39. The maximum absolute atomic E-state index is 6.39. The number of rotatable bonds is 1. The second-order valence-corrected chi connectivity index (χ2v) is 9.18.